The lowest BCUT2D eigenvalue weighted by Crippen LogP contribution is -2.09. The van der Waals surface area contributed by atoms with Crippen molar-refractivity contribution in [3.63, 3.8) is 0 Å². The zero-order valence-electron chi connectivity index (χ0n) is 11.8. The van der Waals surface area contributed by atoms with Gasteiger partial charge in [-0.15, -0.1) is 0 Å². The lowest BCUT2D eigenvalue weighted by atomic mass is 10.1. The average molecular weight is 331 g/mol. The molecule has 0 aliphatic rings. The first-order valence-electron chi connectivity index (χ1n) is 6.71. The monoisotopic (exact) mass is 330 g/mol. The van der Waals surface area contributed by atoms with Gasteiger partial charge in [0.2, 0.25) is 0 Å². The highest BCUT2D eigenvalue weighted by molar-refractivity contribution is 6.30. The minimum Gasteiger partial charge on any atom is -0.482 e. The Kier molecular flexibility index (Phi) is 4.04. The zero-order valence-corrected chi connectivity index (χ0v) is 12.5. The largest absolute Gasteiger partial charge is 0.482 e. The first-order valence-corrected chi connectivity index (χ1v) is 7.09. The van der Waals surface area contributed by atoms with Gasteiger partial charge in [-0.3, -0.25) is 0 Å². The van der Waals surface area contributed by atoms with E-state index in [0.29, 0.717) is 32.9 Å². The van der Waals surface area contributed by atoms with Crippen molar-refractivity contribution in [3.05, 3.63) is 64.0 Å². The van der Waals surface area contributed by atoms with Gasteiger partial charge >= 0.3 is 11.6 Å². The van der Waals surface area contributed by atoms with Crippen LogP contribution in [0.1, 0.15) is 0 Å². The van der Waals surface area contributed by atoms with E-state index >= 15 is 0 Å². The summed E-state index contributed by atoms with van der Waals surface area (Å²) in [7, 11) is 0. The van der Waals surface area contributed by atoms with Crippen LogP contribution in [0.25, 0.3) is 22.1 Å². The predicted molar refractivity (Wildman–Crippen MR) is 86.1 cm³/mol. The first kappa shape index (κ1) is 15.1. The van der Waals surface area contributed by atoms with E-state index in [-0.39, 0.29) is 0 Å². The second-order valence-corrected chi connectivity index (χ2v) is 5.27. The van der Waals surface area contributed by atoms with E-state index in [1.54, 1.807) is 42.5 Å². The number of benzene rings is 2. The first-order chi connectivity index (χ1) is 11.0. The molecular formula is C17H11ClO5. The number of carbonyl (C=O) groups is 1. The number of fused-ring (bicyclic) bond motifs is 1. The molecule has 0 spiro atoms. The number of carboxylic acid groups (broad SMARTS) is 1. The molecule has 3 rings (SSSR count). The van der Waals surface area contributed by atoms with Crippen molar-refractivity contribution >= 4 is 28.5 Å². The summed E-state index contributed by atoms with van der Waals surface area (Å²) >= 11 is 5.85. The highest BCUT2D eigenvalue weighted by Gasteiger charge is 2.09. The normalized spacial score (nSPS) is 10.7. The lowest BCUT2D eigenvalue weighted by molar-refractivity contribution is -0.139. The van der Waals surface area contributed by atoms with Crippen molar-refractivity contribution < 1.29 is 19.1 Å². The third-order valence-corrected chi connectivity index (χ3v) is 3.48. The Hall–Kier alpha value is -2.79. The van der Waals surface area contributed by atoms with Crippen LogP contribution in [-0.4, -0.2) is 17.7 Å². The van der Waals surface area contributed by atoms with Crippen molar-refractivity contribution in [2.75, 3.05) is 6.61 Å². The van der Waals surface area contributed by atoms with Gasteiger partial charge in [-0.2, -0.15) is 0 Å². The van der Waals surface area contributed by atoms with Crippen LogP contribution < -0.4 is 10.4 Å². The molecule has 1 heterocycles. The predicted octanol–water partition coefficient (Wildman–Crippen LogP) is 3.58. The van der Waals surface area contributed by atoms with E-state index in [2.05, 4.69) is 0 Å². The van der Waals surface area contributed by atoms with E-state index in [1.165, 1.54) is 6.07 Å². The smallest absolute Gasteiger partial charge is 0.344 e. The van der Waals surface area contributed by atoms with Gasteiger partial charge in [0.25, 0.3) is 0 Å². The van der Waals surface area contributed by atoms with Gasteiger partial charge < -0.3 is 14.3 Å². The summed E-state index contributed by atoms with van der Waals surface area (Å²) in [6, 6.07) is 13.4. The van der Waals surface area contributed by atoms with Gasteiger partial charge in [-0.25, -0.2) is 9.59 Å². The van der Waals surface area contributed by atoms with Crippen LogP contribution in [-0.2, 0) is 4.79 Å². The van der Waals surface area contributed by atoms with Crippen LogP contribution in [0.15, 0.2) is 57.7 Å². The minimum atomic E-state index is -1.08. The molecule has 116 valence electrons. The maximum absolute atomic E-state index is 12.2. The molecule has 1 N–H and O–H groups in total. The zero-order chi connectivity index (χ0) is 16.4. The fourth-order valence-corrected chi connectivity index (χ4v) is 2.28. The Morgan fingerprint density at radius 2 is 1.87 bits per heavy atom. The van der Waals surface area contributed by atoms with Crippen LogP contribution in [0.4, 0.5) is 0 Å². The number of hydrogen-bond donors (Lipinski definition) is 1. The van der Waals surface area contributed by atoms with Crippen molar-refractivity contribution in [2.24, 2.45) is 0 Å². The fourth-order valence-electron chi connectivity index (χ4n) is 2.16. The molecule has 5 nitrogen and oxygen atoms in total. The number of aliphatic carboxylic acids is 1. The van der Waals surface area contributed by atoms with Crippen molar-refractivity contribution in [1.29, 1.82) is 0 Å². The molecule has 0 atom stereocenters. The van der Waals surface area contributed by atoms with E-state index in [1.807, 2.05) is 0 Å². The lowest BCUT2D eigenvalue weighted by Gasteiger charge is -2.06. The van der Waals surface area contributed by atoms with Crippen molar-refractivity contribution in [1.82, 2.24) is 0 Å². The maximum atomic E-state index is 12.2. The topological polar surface area (TPSA) is 76.7 Å². The molecule has 3 aromatic rings. The van der Waals surface area contributed by atoms with Gasteiger partial charge in [-0.05, 0) is 35.9 Å². The number of carboxylic acids is 1. The molecule has 0 bridgehead atoms. The quantitative estimate of drug-likeness (QED) is 0.740. The molecule has 0 fully saturated rings. The van der Waals surface area contributed by atoms with Gasteiger partial charge in [-0.1, -0.05) is 23.7 Å². The van der Waals surface area contributed by atoms with E-state index < -0.39 is 18.2 Å². The number of rotatable bonds is 4. The summed E-state index contributed by atoms with van der Waals surface area (Å²) in [5, 5.41) is 9.89. The highest BCUT2D eigenvalue weighted by Crippen LogP contribution is 2.25. The molecule has 0 saturated heterocycles. The number of hydrogen-bond acceptors (Lipinski definition) is 4. The van der Waals surface area contributed by atoms with Crippen LogP contribution >= 0.6 is 11.6 Å². The summed E-state index contributed by atoms with van der Waals surface area (Å²) < 4.78 is 10.4. The highest BCUT2D eigenvalue weighted by atomic mass is 35.5. The van der Waals surface area contributed by atoms with Crippen LogP contribution in [0, 0.1) is 0 Å². The SMILES string of the molecule is O=C(O)COc1ccc2cc(-c3ccc(Cl)cc3)c(=O)oc2c1. The molecule has 0 aliphatic heterocycles. The average Bonchev–Trinajstić information content (AvgIpc) is 2.53. The standard InChI is InChI=1S/C17H11ClO5/c18-12-4-1-10(2-5-12)14-7-11-3-6-13(22-9-16(19)20)8-15(11)23-17(14)21/h1-8H,9H2,(H,19,20). The Balaban J connectivity index is 2.02. The van der Waals surface area contributed by atoms with E-state index in [0.717, 1.165) is 0 Å². The molecule has 23 heavy (non-hydrogen) atoms. The third-order valence-electron chi connectivity index (χ3n) is 3.22. The minimum absolute atomic E-state index is 0.322. The third kappa shape index (κ3) is 3.35. The molecule has 1 aromatic heterocycles. The second kappa shape index (κ2) is 6.14. The van der Waals surface area contributed by atoms with Crippen LogP contribution in [0.5, 0.6) is 5.75 Å². The Morgan fingerprint density at radius 3 is 2.57 bits per heavy atom. The van der Waals surface area contributed by atoms with Crippen molar-refractivity contribution in [3.8, 4) is 16.9 Å². The van der Waals surface area contributed by atoms with E-state index in [9.17, 15) is 9.59 Å². The summed E-state index contributed by atoms with van der Waals surface area (Å²) in [6.07, 6.45) is 0. The Bertz CT molecular complexity index is 928. The summed E-state index contributed by atoms with van der Waals surface area (Å²) in [6.45, 7) is -0.460. The summed E-state index contributed by atoms with van der Waals surface area (Å²) in [4.78, 5) is 22.7. The maximum Gasteiger partial charge on any atom is 0.344 e. The summed E-state index contributed by atoms with van der Waals surface area (Å²) in [5.41, 5.74) is 0.968. The Labute approximate surface area is 135 Å². The molecule has 0 unspecified atom stereocenters. The van der Waals surface area contributed by atoms with Gasteiger partial charge in [0, 0.05) is 16.5 Å². The van der Waals surface area contributed by atoms with Gasteiger partial charge in [0.15, 0.2) is 6.61 Å². The van der Waals surface area contributed by atoms with E-state index in [4.69, 9.17) is 25.9 Å². The number of ether oxygens (including phenoxy) is 1. The molecule has 0 aliphatic carbocycles. The molecule has 0 saturated carbocycles. The van der Waals surface area contributed by atoms with Gasteiger partial charge in [0.1, 0.15) is 11.3 Å². The summed E-state index contributed by atoms with van der Waals surface area (Å²) in [5.74, 6) is -0.757. The van der Waals surface area contributed by atoms with Crippen LogP contribution in [0.2, 0.25) is 5.02 Å². The molecular weight excluding hydrogens is 320 g/mol. The molecule has 2 aromatic carbocycles. The van der Waals surface area contributed by atoms with Gasteiger partial charge in [0.05, 0.1) is 5.56 Å². The second-order valence-electron chi connectivity index (χ2n) is 4.84. The van der Waals surface area contributed by atoms with Crippen molar-refractivity contribution in [2.45, 2.75) is 0 Å². The Morgan fingerprint density at radius 1 is 1.13 bits per heavy atom. The van der Waals surface area contributed by atoms with Crippen LogP contribution in [0.3, 0.4) is 0 Å². The molecule has 0 radical (unpaired) electrons. The molecule has 6 heteroatoms. The fraction of sp³-hybridized carbons (Fsp3) is 0.0588. The molecule has 0 amide bonds. The number of halogens is 1.